The average Bonchev–Trinajstić information content (AvgIpc) is 2.00. The van der Waals surface area contributed by atoms with Crippen LogP contribution in [0.4, 0.5) is 0 Å². The Morgan fingerprint density at radius 1 is 1.08 bits per heavy atom. The maximum absolute atomic E-state index is 11.1. The van der Waals surface area contributed by atoms with Crippen molar-refractivity contribution in [3.8, 4) is 0 Å². The smallest absolute Gasteiger partial charge is 0.150 e. The van der Waals surface area contributed by atoms with Crippen molar-refractivity contribution in [3.05, 3.63) is 6.92 Å². The van der Waals surface area contributed by atoms with E-state index in [2.05, 4.69) is 6.92 Å². The fourth-order valence-corrected chi connectivity index (χ4v) is 2.90. The molecule has 0 heterocycles. The normalized spacial score (nSPS) is 12.2. The monoisotopic (exact) mass is 227 g/mol. The number of hydrogen-bond acceptors (Lipinski definition) is 4. The molecule has 0 aromatic rings. The zero-order chi connectivity index (χ0) is 10.3. The molecule has 6 heteroatoms. The van der Waals surface area contributed by atoms with Gasteiger partial charge in [0.15, 0.2) is 0 Å². The summed E-state index contributed by atoms with van der Waals surface area (Å²) < 4.78 is 42.6. The molecule has 0 fully saturated rings. The average molecular weight is 227 g/mol. The van der Waals surface area contributed by atoms with Crippen LogP contribution >= 0.6 is 0 Å². The molecule has 0 saturated carbocycles. The molecule has 0 aliphatic rings. The minimum absolute atomic E-state index is 0.0314. The molecular weight excluding hydrogens is 212 g/mol. The van der Waals surface area contributed by atoms with E-state index < -0.39 is 20.5 Å². The number of unbranched alkanes of at least 4 members (excludes halogenated alkanes) is 1. The second kappa shape index (κ2) is 6.37. The van der Waals surface area contributed by atoms with Crippen LogP contribution in [-0.2, 0) is 20.5 Å². The van der Waals surface area contributed by atoms with Gasteiger partial charge in [0.1, 0.15) is 20.5 Å². The molecule has 0 amide bonds. The summed E-state index contributed by atoms with van der Waals surface area (Å²) in [4.78, 5) is 0. The molecule has 0 saturated heterocycles. The molecule has 0 bridgehead atoms. The lowest BCUT2D eigenvalue weighted by atomic mass is 10.4. The highest BCUT2D eigenvalue weighted by molar-refractivity contribution is 7.91. The topological polar surface area (TPSA) is 68.3 Å². The Morgan fingerprint density at radius 2 is 1.62 bits per heavy atom. The number of thiol groups is 1. The molecule has 0 spiro atoms. The molecular formula is C7H15O4S2. The first kappa shape index (κ1) is 12.9. The molecule has 0 atom stereocenters. The van der Waals surface area contributed by atoms with E-state index in [1.54, 1.807) is 0 Å². The molecule has 0 unspecified atom stereocenters. The number of hydrogen-bond donors (Lipinski definition) is 1. The molecule has 0 aliphatic carbocycles. The van der Waals surface area contributed by atoms with Gasteiger partial charge in [0.25, 0.3) is 0 Å². The molecule has 13 heavy (non-hydrogen) atoms. The highest BCUT2D eigenvalue weighted by Gasteiger charge is 2.09. The first-order valence-corrected chi connectivity index (χ1v) is 7.28. The third-order valence-electron chi connectivity index (χ3n) is 1.50. The van der Waals surface area contributed by atoms with E-state index in [1.807, 2.05) is 0 Å². The fraction of sp³-hybridized carbons (Fsp3) is 0.857. The largest absolute Gasteiger partial charge is 0.232 e. The first-order valence-electron chi connectivity index (χ1n) is 4.09. The zero-order valence-electron chi connectivity index (χ0n) is 7.44. The van der Waals surface area contributed by atoms with Gasteiger partial charge in [-0.15, -0.1) is 0 Å². The van der Waals surface area contributed by atoms with Crippen LogP contribution in [0.3, 0.4) is 0 Å². The van der Waals surface area contributed by atoms with Crippen molar-refractivity contribution in [3.63, 3.8) is 0 Å². The highest BCUT2D eigenvalue weighted by Crippen LogP contribution is 1.99. The van der Waals surface area contributed by atoms with Crippen LogP contribution in [0, 0.1) is 6.92 Å². The minimum atomic E-state index is -3.05. The van der Waals surface area contributed by atoms with Gasteiger partial charge in [0.05, 0.1) is 11.5 Å². The SMILES string of the molecule is [CH2]CCCS(=O)(=O)CCC[SH](=O)=O. The van der Waals surface area contributed by atoms with E-state index in [-0.39, 0.29) is 23.7 Å². The predicted octanol–water partition coefficient (Wildman–Crippen LogP) is 0.0170. The Labute approximate surface area is 81.2 Å². The van der Waals surface area contributed by atoms with E-state index in [1.165, 1.54) is 0 Å². The lowest BCUT2D eigenvalue weighted by Gasteiger charge is -2.00. The fourth-order valence-electron chi connectivity index (χ4n) is 0.838. The summed E-state index contributed by atoms with van der Waals surface area (Å²) in [7, 11) is -5.49. The van der Waals surface area contributed by atoms with Crippen LogP contribution in [0.5, 0.6) is 0 Å². The molecule has 79 valence electrons. The van der Waals surface area contributed by atoms with Gasteiger partial charge < -0.3 is 0 Å². The lowest BCUT2D eigenvalue weighted by Crippen LogP contribution is -2.12. The molecule has 1 radical (unpaired) electrons. The van der Waals surface area contributed by atoms with Crippen molar-refractivity contribution in [2.75, 3.05) is 17.3 Å². The Morgan fingerprint density at radius 3 is 2.08 bits per heavy atom. The van der Waals surface area contributed by atoms with Gasteiger partial charge in [0.2, 0.25) is 0 Å². The van der Waals surface area contributed by atoms with E-state index in [0.717, 1.165) is 0 Å². The minimum Gasteiger partial charge on any atom is -0.232 e. The van der Waals surface area contributed by atoms with Crippen molar-refractivity contribution in [1.29, 1.82) is 0 Å². The summed E-state index contributed by atoms with van der Waals surface area (Å²) in [5, 5.41) is 0. The van der Waals surface area contributed by atoms with Gasteiger partial charge >= 0.3 is 0 Å². The van der Waals surface area contributed by atoms with Crippen LogP contribution in [0.2, 0.25) is 0 Å². The quantitative estimate of drug-likeness (QED) is 0.622. The van der Waals surface area contributed by atoms with Gasteiger partial charge in [-0.2, -0.15) is 0 Å². The van der Waals surface area contributed by atoms with E-state index in [0.29, 0.717) is 12.8 Å². The van der Waals surface area contributed by atoms with Gasteiger partial charge in [0, 0.05) is 5.75 Å². The Bertz CT molecular complexity index is 282. The van der Waals surface area contributed by atoms with Crippen LogP contribution in [0.25, 0.3) is 0 Å². The summed E-state index contributed by atoms with van der Waals surface area (Å²) in [6.07, 6.45) is 1.35. The van der Waals surface area contributed by atoms with E-state index >= 15 is 0 Å². The Balaban J connectivity index is 3.76. The molecule has 0 N–H and O–H groups in total. The van der Waals surface area contributed by atoms with Crippen LogP contribution in [0.15, 0.2) is 0 Å². The second-order valence-electron chi connectivity index (χ2n) is 2.77. The van der Waals surface area contributed by atoms with Crippen molar-refractivity contribution in [1.82, 2.24) is 0 Å². The van der Waals surface area contributed by atoms with Crippen LogP contribution in [-0.4, -0.2) is 34.1 Å². The van der Waals surface area contributed by atoms with Gasteiger partial charge in [-0.25, -0.2) is 16.8 Å². The molecule has 0 aromatic heterocycles. The third kappa shape index (κ3) is 8.24. The van der Waals surface area contributed by atoms with E-state index in [9.17, 15) is 16.8 Å². The van der Waals surface area contributed by atoms with Gasteiger partial charge in [-0.05, 0) is 12.8 Å². The molecule has 0 aliphatic heterocycles. The Kier molecular flexibility index (Phi) is 6.32. The maximum Gasteiger partial charge on any atom is 0.150 e. The standard InChI is InChI=1S/C7H15O4S2/c1-2-3-6-13(10,11)7-4-5-12(8)9/h12H,1-7H2. The zero-order valence-corrected chi connectivity index (χ0v) is 9.15. The Hall–Kier alpha value is -0.100. The van der Waals surface area contributed by atoms with Crippen molar-refractivity contribution >= 4 is 20.5 Å². The molecule has 0 rings (SSSR count). The summed E-state index contributed by atoms with van der Waals surface area (Å²) in [6.45, 7) is 3.54. The second-order valence-corrected chi connectivity index (χ2v) is 6.19. The summed E-state index contributed by atoms with van der Waals surface area (Å²) in [5.74, 6) is 0.0430. The third-order valence-corrected chi connectivity index (χ3v) is 4.00. The molecule has 4 nitrogen and oxygen atoms in total. The number of rotatable bonds is 7. The lowest BCUT2D eigenvalue weighted by molar-refractivity contribution is 0.591. The number of sulfone groups is 1. The van der Waals surface area contributed by atoms with Crippen molar-refractivity contribution in [2.24, 2.45) is 0 Å². The van der Waals surface area contributed by atoms with Crippen molar-refractivity contribution in [2.45, 2.75) is 19.3 Å². The van der Waals surface area contributed by atoms with Crippen LogP contribution in [0.1, 0.15) is 19.3 Å². The summed E-state index contributed by atoms with van der Waals surface area (Å²) >= 11 is 0. The highest BCUT2D eigenvalue weighted by atomic mass is 32.2. The maximum atomic E-state index is 11.1. The summed E-state index contributed by atoms with van der Waals surface area (Å²) in [6, 6.07) is 0. The first-order chi connectivity index (χ1) is 5.98. The van der Waals surface area contributed by atoms with Gasteiger partial charge in [-0.3, -0.25) is 0 Å². The molecule has 0 aromatic carbocycles. The van der Waals surface area contributed by atoms with Gasteiger partial charge in [-0.1, -0.05) is 13.3 Å². The van der Waals surface area contributed by atoms with E-state index in [4.69, 9.17) is 0 Å². The summed E-state index contributed by atoms with van der Waals surface area (Å²) in [5.41, 5.74) is 0. The van der Waals surface area contributed by atoms with Crippen LogP contribution < -0.4 is 0 Å². The predicted molar refractivity (Wildman–Crippen MR) is 53.0 cm³/mol. The van der Waals surface area contributed by atoms with Crippen molar-refractivity contribution < 1.29 is 16.8 Å².